The molecule has 21 heavy (non-hydrogen) atoms. The van der Waals surface area contributed by atoms with E-state index in [-0.39, 0.29) is 30.7 Å². The van der Waals surface area contributed by atoms with Crippen molar-refractivity contribution in [2.45, 2.75) is 0 Å². The first-order valence-electron chi connectivity index (χ1n) is 6.58. The second kappa shape index (κ2) is 7.24. The average molecular weight is 306 g/mol. The van der Waals surface area contributed by atoms with Crippen LogP contribution in [0.2, 0.25) is 0 Å². The van der Waals surface area contributed by atoms with Crippen LogP contribution in [0.25, 0.3) is 10.9 Å². The summed E-state index contributed by atoms with van der Waals surface area (Å²) in [6.45, 7) is 0.745. The van der Waals surface area contributed by atoms with Gasteiger partial charge in [0.15, 0.2) is 0 Å². The number of carbonyl (C=O) groups is 1. The fraction of sp³-hybridized carbons (Fsp3) is 0.357. The molecule has 0 saturated heterocycles. The Kier molecular flexibility index (Phi) is 5.35. The number of anilines is 1. The van der Waals surface area contributed by atoms with Crippen LogP contribution in [0.15, 0.2) is 24.3 Å². The summed E-state index contributed by atoms with van der Waals surface area (Å²) in [7, 11) is 0. The van der Waals surface area contributed by atoms with Crippen molar-refractivity contribution in [3.8, 4) is 0 Å². The summed E-state index contributed by atoms with van der Waals surface area (Å²) in [6, 6.07) is 7.26. The number of carbonyl (C=O) groups excluding carboxylic acids is 1. The monoisotopic (exact) mass is 306 g/mol. The van der Waals surface area contributed by atoms with E-state index in [0.29, 0.717) is 17.4 Å². The minimum absolute atomic E-state index is 0.0749. The molecular formula is C14H18N4O2S. The van der Waals surface area contributed by atoms with Crippen LogP contribution in [-0.2, 0) is 0 Å². The van der Waals surface area contributed by atoms with Gasteiger partial charge in [0.1, 0.15) is 5.69 Å². The van der Waals surface area contributed by atoms with Gasteiger partial charge in [0.2, 0.25) is 5.95 Å². The molecule has 0 aliphatic carbocycles. The molecule has 0 radical (unpaired) electrons. The zero-order valence-electron chi connectivity index (χ0n) is 11.8. The van der Waals surface area contributed by atoms with E-state index in [1.54, 1.807) is 28.8 Å². The maximum absolute atomic E-state index is 12.7. The lowest BCUT2D eigenvalue weighted by Gasteiger charge is -2.21. The third kappa shape index (κ3) is 3.62. The van der Waals surface area contributed by atoms with Gasteiger partial charge in [-0.2, -0.15) is 11.8 Å². The molecular weight excluding hydrogens is 288 g/mol. The van der Waals surface area contributed by atoms with Gasteiger partial charge in [-0.15, -0.1) is 0 Å². The Morgan fingerprint density at radius 3 is 2.81 bits per heavy atom. The topological polar surface area (TPSA) is 92.3 Å². The van der Waals surface area contributed by atoms with Crippen LogP contribution in [0.1, 0.15) is 10.5 Å². The van der Waals surface area contributed by atoms with Gasteiger partial charge in [0, 0.05) is 24.2 Å². The number of amides is 1. The lowest BCUT2D eigenvalue weighted by atomic mass is 10.1. The summed E-state index contributed by atoms with van der Waals surface area (Å²) < 4.78 is 0. The number of rotatable bonds is 6. The number of aliphatic hydroxyl groups is 1. The Hall–Kier alpha value is -1.86. The maximum atomic E-state index is 12.7. The molecule has 0 aliphatic heterocycles. The van der Waals surface area contributed by atoms with Crippen molar-refractivity contribution in [2.75, 3.05) is 37.4 Å². The number of hydrogen-bond donors (Lipinski definition) is 2. The second-order valence-electron chi connectivity index (χ2n) is 4.46. The van der Waals surface area contributed by atoms with Crippen LogP contribution in [0.3, 0.4) is 0 Å². The number of benzene rings is 1. The molecule has 0 spiro atoms. The predicted octanol–water partition coefficient (Wildman–Crippen LogP) is 1.01. The van der Waals surface area contributed by atoms with Gasteiger partial charge < -0.3 is 15.7 Å². The molecule has 0 bridgehead atoms. The van der Waals surface area contributed by atoms with Gasteiger partial charge >= 0.3 is 0 Å². The SMILES string of the molecule is CSCCN(CCO)C(=O)c1nc(N)nc2ccccc12. The number of hydrogen-bond acceptors (Lipinski definition) is 6. The highest BCUT2D eigenvalue weighted by molar-refractivity contribution is 7.98. The first kappa shape index (κ1) is 15.5. The number of aromatic nitrogens is 2. The lowest BCUT2D eigenvalue weighted by Crippen LogP contribution is -2.36. The smallest absolute Gasteiger partial charge is 0.273 e. The third-order valence-electron chi connectivity index (χ3n) is 3.05. The minimum atomic E-state index is -0.233. The van der Waals surface area contributed by atoms with E-state index < -0.39 is 0 Å². The van der Waals surface area contributed by atoms with Crippen molar-refractivity contribution in [3.63, 3.8) is 0 Å². The molecule has 0 aliphatic rings. The zero-order chi connectivity index (χ0) is 15.2. The van der Waals surface area contributed by atoms with Crippen LogP contribution in [0.5, 0.6) is 0 Å². The summed E-state index contributed by atoms with van der Waals surface area (Å²) in [5.74, 6) is 0.638. The Labute approximate surface area is 127 Å². The number of nitrogens with zero attached hydrogens (tertiary/aromatic N) is 3. The first-order valence-corrected chi connectivity index (χ1v) is 7.98. The molecule has 2 aromatic rings. The van der Waals surface area contributed by atoms with Crippen molar-refractivity contribution in [1.29, 1.82) is 0 Å². The molecule has 7 heteroatoms. The van der Waals surface area contributed by atoms with Crippen LogP contribution in [0.4, 0.5) is 5.95 Å². The van der Waals surface area contributed by atoms with E-state index in [1.807, 2.05) is 18.4 Å². The van der Waals surface area contributed by atoms with Crippen molar-refractivity contribution < 1.29 is 9.90 Å². The van der Waals surface area contributed by atoms with E-state index in [4.69, 9.17) is 10.8 Å². The highest BCUT2D eigenvalue weighted by Gasteiger charge is 2.20. The third-order valence-corrected chi connectivity index (χ3v) is 3.64. The zero-order valence-corrected chi connectivity index (χ0v) is 12.6. The fourth-order valence-corrected chi connectivity index (χ4v) is 2.45. The summed E-state index contributed by atoms with van der Waals surface area (Å²) in [4.78, 5) is 22.5. The van der Waals surface area contributed by atoms with E-state index >= 15 is 0 Å². The van der Waals surface area contributed by atoms with Gasteiger partial charge in [-0.3, -0.25) is 4.79 Å². The molecule has 112 valence electrons. The number of thioether (sulfide) groups is 1. The van der Waals surface area contributed by atoms with Crippen molar-refractivity contribution >= 4 is 34.5 Å². The van der Waals surface area contributed by atoms with Crippen molar-refractivity contribution in [1.82, 2.24) is 14.9 Å². The fourth-order valence-electron chi connectivity index (χ4n) is 2.04. The van der Waals surface area contributed by atoms with E-state index in [9.17, 15) is 4.79 Å². The molecule has 0 saturated carbocycles. The molecule has 6 nitrogen and oxygen atoms in total. The number of nitrogens with two attached hydrogens (primary N) is 1. The van der Waals surface area contributed by atoms with E-state index in [0.717, 1.165) is 5.75 Å². The van der Waals surface area contributed by atoms with E-state index in [1.165, 1.54) is 0 Å². The Morgan fingerprint density at radius 1 is 1.33 bits per heavy atom. The highest BCUT2D eigenvalue weighted by Crippen LogP contribution is 2.18. The molecule has 1 aromatic carbocycles. The van der Waals surface area contributed by atoms with Gasteiger partial charge in [0.25, 0.3) is 5.91 Å². The number of fused-ring (bicyclic) bond motifs is 1. The quantitative estimate of drug-likeness (QED) is 0.827. The predicted molar refractivity (Wildman–Crippen MR) is 85.3 cm³/mol. The molecule has 3 N–H and O–H groups in total. The van der Waals surface area contributed by atoms with E-state index in [2.05, 4.69) is 9.97 Å². The molecule has 2 rings (SSSR count). The van der Waals surface area contributed by atoms with Gasteiger partial charge in [0.05, 0.1) is 12.1 Å². The first-order chi connectivity index (χ1) is 10.2. The normalized spacial score (nSPS) is 10.8. The van der Waals surface area contributed by atoms with Crippen LogP contribution >= 0.6 is 11.8 Å². The molecule has 1 amide bonds. The average Bonchev–Trinajstić information content (AvgIpc) is 2.50. The lowest BCUT2D eigenvalue weighted by molar-refractivity contribution is 0.0730. The summed E-state index contributed by atoms with van der Waals surface area (Å²) in [6.07, 6.45) is 1.97. The molecule has 0 unspecified atom stereocenters. The molecule has 0 fully saturated rings. The van der Waals surface area contributed by atoms with Crippen molar-refractivity contribution in [3.05, 3.63) is 30.0 Å². The Balaban J connectivity index is 2.41. The summed E-state index contributed by atoms with van der Waals surface area (Å²) >= 11 is 1.64. The Morgan fingerprint density at radius 2 is 2.10 bits per heavy atom. The van der Waals surface area contributed by atoms with Crippen LogP contribution < -0.4 is 5.73 Å². The highest BCUT2D eigenvalue weighted by atomic mass is 32.2. The molecule has 1 heterocycles. The van der Waals surface area contributed by atoms with Crippen LogP contribution in [0, 0.1) is 0 Å². The summed E-state index contributed by atoms with van der Waals surface area (Å²) in [5, 5.41) is 9.81. The number of para-hydroxylation sites is 1. The largest absolute Gasteiger partial charge is 0.395 e. The van der Waals surface area contributed by atoms with Crippen LogP contribution in [-0.4, -0.2) is 57.6 Å². The maximum Gasteiger partial charge on any atom is 0.273 e. The van der Waals surface area contributed by atoms with Gasteiger partial charge in [-0.25, -0.2) is 9.97 Å². The molecule has 1 aromatic heterocycles. The molecule has 0 atom stereocenters. The number of aliphatic hydroxyl groups excluding tert-OH is 1. The number of nitrogen functional groups attached to an aromatic ring is 1. The minimum Gasteiger partial charge on any atom is -0.395 e. The second-order valence-corrected chi connectivity index (χ2v) is 5.44. The standard InChI is InChI=1S/C14H18N4O2S/c1-21-9-7-18(6-8-19)13(20)12-10-4-2-3-5-11(10)16-14(15)17-12/h2-5,19H,6-9H2,1H3,(H2,15,16,17). The Bertz CT molecular complexity index is 635. The van der Waals surface area contributed by atoms with Gasteiger partial charge in [-0.05, 0) is 12.3 Å². The van der Waals surface area contributed by atoms with Gasteiger partial charge in [-0.1, -0.05) is 18.2 Å². The van der Waals surface area contributed by atoms with Crippen molar-refractivity contribution in [2.24, 2.45) is 0 Å². The summed E-state index contributed by atoms with van der Waals surface area (Å²) in [5.41, 5.74) is 6.62.